The van der Waals surface area contributed by atoms with Crippen LogP contribution in [0.25, 0.3) is 0 Å². The van der Waals surface area contributed by atoms with Crippen LogP contribution in [-0.2, 0) is 4.79 Å². The third-order valence-electron chi connectivity index (χ3n) is 2.61. The van der Waals surface area contributed by atoms with Crippen LogP contribution in [0, 0.1) is 0 Å². The summed E-state index contributed by atoms with van der Waals surface area (Å²) in [5, 5.41) is 8.86. The second kappa shape index (κ2) is 5.66. The lowest BCUT2D eigenvalue weighted by Crippen LogP contribution is -2.36. The van der Waals surface area contributed by atoms with Crippen LogP contribution in [0.3, 0.4) is 0 Å². The van der Waals surface area contributed by atoms with Gasteiger partial charge in [0.2, 0.25) is 5.22 Å². The monoisotopic (exact) mass is 294 g/mol. The lowest BCUT2D eigenvalue weighted by Gasteiger charge is -2.21. The molecule has 0 aliphatic heterocycles. The van der Waals surface area contributed by atoms with E-state index in [0.717, 1.165) is 4.90 Å². The molecule has 0 fully saturated rings. The highest BCUT2D eigenvalue weighted by Crippen LogP contribution is 2.26. The van der Waals surface area contributed by atoms with E-state index < -0.39 is 18.4 Å². The number of benzene rings is 1. The van der Waals surface area contributed by atoms with E-state index in [9.17, 15) is 9.59 Å². The molecule has 0 unspecified atom stereocenters. The molecule has 2 rings (SSSR count). The van der Waals surface area contributed by atoms with Crippen molar-refractivity contribution in [3.05, 3.63) is 47.4 Å². The number of anilines is 2. The van der Waals surface area contributed by atoms with Crippen molar-refractivity contribution in [3.8, 4) is 0 Å². The smallest absolute Gasteiger partial charge is 0.323 e. The van der Waals surface area contributed by atoms with Gasteiger partial charge in [0.1, 0.15) is 6.54 Å². The van der Waals surface area contributed by atoms with Crippen LogP contribution in [0.15, 0.2) is 41.0 Å². The van der Waals surface area contributed by atoms with Gasteiger partial charge in [-0.2, -0.15) is 0 Å². The number of carboxylic acids is 1. The van der Waals surface area contributed by atoms with Crippen LogP contribution in [0.5, 0.6) is 0 Å². The molecule has 2 aromatic rings. The van der Waals surface area contributed by atoms with E-state index in [1.54, 1.807) is 24.3 Å². The average molecular weight is 295 g/mol. The summed E-state index contributed by atoms with van der Waals surface area (Å²) in [7, 11) is 0. The minimum absolute atomic E-state index is 0.0798. The summed E-state index contributed by atoms with van der Waals surface area (Å²) in [6, 6.07) is 7.86. The predicted molar refractivity (Wildman–Crippen MR) is 73.9 cm³/mol. The molecule has 0 spiro atoms. The maximum Gasteiger partial charge on any atom is 0.323 e. The summed E-state index contributed by atoms with van der Waals surface area (Å²) in [4.78, 5) is 24.4. The molecule has 1 amide bonds. The second-order valence-electron chi connectivity index (χ2n) is 3.95. The molecule has 7 heteroatoms. The molecule has 0 bridgehead atoms. The number of nitrogens with two attached hydrogens (primary N) is 1. The fourth-order valence-electron chi connectivity index (χ4n) is 1.73. The Hall–Kier alpha value is -2.47. The van der Waals surface area contributed by atoms with E-state index in [0.29, 0.717) is 11.4 Å². The van der Waals surface area contributed by atoms with Gasteiger partial charge in [-0.15, -0.1) is 0 Å². The SMILES string of the molecule is Nc1ccccc1N(CC(=O)O)C(=O)c1ccoc1Cl. The number of nitrogens with zero attached hydrogens (tertiary/aromatic N) is 1. The van der Waals surface area contributed by atoms with Crippen LogP contribution >= 0.6 is 11.6 Å². The van der Waals surface area contributed by atoms with Gasteiger partial charge >= 0.3 is 5.97 Å². The molecular weight excluding hydrogens is 284 g/mol. The van der Waals surface area contributed by atoms with Crippen molar-refractivity contribution in [2.45, 2.75) is 0 Å². The number of nitrogen functional groups attached to an aromatic ring is 1. The van der Waals surface area contributed by atoms with Crippen LogP contribution in [0.2, 0.25) is 5.22 Å². The van der Waals surface area contributed by atoms with Crippen molar-refractivity contribution < 1.29 is 19.1 Å². The Bertz CT molecular complexity index is 653. The molecule has 0 saturated carbocycles. The van der Waals surface area contributed by atoms with Crippen LogP contribution < -0.4 is 10.6 Å². The van der Waals surface area contributed by atoms with Gasteiger partial charge in [0.15, 0.2) is 0 Å². The summed E-state index contributed by atoms with van der Waals surface area (Å²) in [5.41, 5.74) is 6.46. The standard InChI is InChI=1S/C13H11ClN2O4/c14-12-8(5-6-20-12)13(19)16(7-11(17)18)10-4-2-1-3-9(10)15/h1-6H,7,15H2,(H,17,18). The Morgan fingerprint density at radius 1 is 1.30 bits per heavy atom. The summed E-state index contributed by atoms with van der Waals surface area (Å²) in [6.45, 7) is -0.533. The summed E-state index contributed by atoms with van der Waals surface area (Å²) in [5.74, 6) is -1.76. The Morgan fingerprint density at radius 2 is 2.00 bits per heavy atom. The Kier molecular flexibility index (Phi) is 3.95. The first-order chi connectivity index (χ1) is 9.50. The van der Waals surface area contributed by atoms with Gasteiger partial charge < -0.3 is 15.3 Å². The fraction of sp³-hybridized carbons (Fsp3) is 0.0769. The summed E-state index contributed by atoms with van der Waals surface area (Å²) in [6.07, 6.45) is 1.25. The fourth-order valence-corrected chi connectivity index (χ4v) is 1.92. The van der Waals surface area contributed by atoms with E-state index in [1.807, 2.05) is 0 Å². The van der Waals surface area contributed by atoms with Gasteiger partial charge in [-0.1, -0.05) is 12.1 Å². The highest BCUT2D eigenvalue weighted by molar-refractivity contribution is 6.33. The minimum Gasteiger partial charge on any atom is -0.480 e. The van der Waals surface area contributed by atoms with E-state index in [1.165, 1.54) is 12.3 Å². The van der Waals surface area contributed by atoms with Crippen LogP contribution in [0.1, 0.15) is 10.4 Å². The number of halogens is 1. The number of carbonyl (C=O) groups is 2. The number of hydrogen-bond donors (Lipinski definition) is 2. The molecule has 0 radical (unpaired) electrons. The normalized spacial score (nSPS) is 10.2. The van der Waals surface area contributed by atoms with E-state index in [2.05, 4.69) is 0 Å². The van der Waals surface area contributed by atoms with Gasteiger partial charge in [-0.05, 0) is 29.8 Å². The number of carboxylic acid groups (broad SMARTS) is 1. The lowest BCUT2D eigenvalue weighted by molar-refractivity contribution is -0.135. The summed E-state index contributed by atoms with van der Waals surface area (Å²) < 4.78 is 4.85. The number of aliphatic carboxylic acids is 1. The average Bonchev–Trinajstić information content (AvgIpc) is 2.82. The molecular formula is C13H11ClN2O4. The number of amides is 1. The number of carbonyl (C=O) groups excluding carboxylic acids is 1. The predicted octanol–water partition coefficient (Wildman–Crippen LogP) is 2.25. The van der Waals surface area contributed by atoms with Crippen molar-refractivity contribution in [1.29, 1.82) is 0 Å². The molecule has 0 aliphatic rings. The van der Waals surface area contributed by atoms with Crippen molar-refractivity contribution in [2.75, 3.05) is 17.2 Å². The third kappa shape index (κ3) is 2.75. The van der Waals surface area contributed by atoms with Gasteiger partial charge in [0, 0.05) is 0 Å². The second-order valence-corrected chi connectivity index (χ2v) is 4.30. The van der Waals surface area contributed by atoms with Crippen molar-refractivity contribution in [1.82, 2.24) is 0 Å². The zero-order chi connectivity index (χ0) is 14.7. The highest BCUT2D eigenvalue weighted by Gasteiger charge is 2.25. The van der Waals surface area contributed by atoms with Gasteiger partial charge in [-0.3, -0.25) is 14.5 Å². The molecule has 1 heterocycles. The van der Waals surface area contributed by atoms with Crippen molar-refractivity contribution in [3.63, 3.8) is 0 Å². The Labute approximate surface area is 119 Å². The lowest BCUT2D eigenvalue weighted by atomic mass is 10.2. The van der Waals surface area contributed by atoms with Gasteiger partial charge in [0.25, 0.3) is 5.91 Å². The first-order valence-electron chi connectivity index (χ1n) is 5.62. The van der Waals surface area contributed by atoms with E-state index in [-0.39, 0.29) is 10.8 Å². The number of furan rings is 1. The van der Waals surface area contributed by atoms with E-state index >= 15 is 0 Å². The maximum absolute atomic E-state index is 12.4. The molecule has 104 valence electrons. The quantitative estimate of drug-likeness (QED) is 0.843. The zero-order valence-electron chi connectivity index (χ0n) is 10.2. The van der Waals surface area contributed by atoms with Gasteiger partial charge in [-0.25, -0.2) is 0 Å². The van der Waals surface area contributed by atoms with E-state index in [4.69, 9.17) is 26.9 Å². The van der Waals surface area contributed by atoms with Crippen molar-refractivity contribution >= 4 is 34.9 Å². The Morgan fingerprint density at radius 3 is 2.55 bits per heavy atom. The van der Waals surface area contributed by atoms with Gasteiger partial charge in [0.05, 0.1) is 23.2 Å². The molecule has 0 atom stereocenters. The topological polar surface area (TPSA) is 96.8 Å². The van der Waals surface area contributed by atoms with Crippen LogP contribution in [-0.4, -0.2) is 23.5 Å². The number of hydrogen-bond acceptors (Lipinski definition) is 4. The van der Waals surface area contributed by atoms with Crippen molar-refractivity contribution in [2.24, 2.45) is 0 Å². The number of para-hydroxylation sites is 2. The molecule has 1 aromatic carbocycles. The maximum atomic E-state index is 12.4. The Balaban J connectivity index is 2.43. The molecule has 20 heavy (non-hydrogen) atoms. The molecule has 0 aliphatic carbocycles. The molecule has 3 N–H and O–H groups in total. The third-order valence-corrected chi connectivity index (χ3v) is 2.91. The summed E-state index contributed by atoms with van der Waals surface area (Å²) >= 11 is 5.75. The molecule has 0 saturated heterocycles. The zero-order valence-corrected chi connectivity index (χ0v) is 11.0. The first-order valence-corrected chi connectivity index (χ1v) is 5.99. The first kappa shape index (κ1) is 14.0. The van der Waals surface area contributed by atoms with Crippen LogP contribution in [0.4, 0.5) is 11.4 Å². The molecule has 6 nitrogen and oxygen atoms in total. The minimum atomic E-state index is -1.17. The largest absolute Gasteiger partial charge is 0.480 e. The molecule has 1 aromatic heterocycles. The number of rotatable bonds is 4. The highest BCUT2D eigenvalue weighted by atomic mass is 35.5.